The molecule has 0 heterocycles. The molecule has 158 valence electrons. The molecule has 0 fully saturated rings. The van der Waals surface area contributed by atoms with Crippen molar-refractivity contribution in [2.75, 3.05) is 13.6 Å². The predicted molar refractivity (Wildman–Crippen MR) is 116 cm³/mol. The zero-order valence-corrected chi connectivity index (χ0v) is 18.9. The van der Waals surface area contributed by atoms with E-state index in [1.165, 1.54) is 40.8 Å². The van der Waals surface area contributed by atoms with Gasteiger partial charge in [-0.05, 0) is 75.5 Å². The summed E-state index contributed by atoms with van der Waals surface area (Å²) in [6.07, 6.45) is 1.44. The van der Waals surface area contributed by atoms with E-state index in [0.717, 1.165) is 6.54 Å². The molecule has 0 aliphatic rings. The Balaban J connectivity index is -0.000000202. The van der Waals surface area contributed by atoms with E-state index in [2.05, 4.69) is 52.6 Å². The predicted octanol–water partition coefficient (Wildman–Crippen LogP) is 4.90. The van der Waals surface area contributed by atoms with Crippen molar-refractivity contribution in [2.24, 2.45) is 0 Å². The molecule has 5 nitrogen and oxygen atoms in total. The fourth-order valence-corrected chi connectivity index (χ4v) is 2.31. The Morgan fingerprint density at radius 2 is 1.37 bits per heavy atom. The Labute approximate surface area is 166 Å². The monoisotopic (exact) mass is 383 g/mol. The van der Waals surface area contributed by atoms with Crippen LogP contribution in [0.15, 0.2) is 6.07 Å². The van der Waals surface area contributed by atoms with Gasteiger partial charge in [0.1, 0.15) is 13.6 Å². The maximum Gasteiger partial charge on any atom is 0.303 e. The molecule has 0 atom stereocenters. The van der Waals surface area contributed by atoms with Crippen molar-refractivity contribution in [3.8, 4) is 0 Å². The van der Waals surface area contributed by atoms with Crippen LogP contribution in [0.1, 0.15) is 68.4 Å². The fraction of sp³-hybridized carbons (Fsp3) is 0.591. The SMILES string of the molecule is C=O.C=O.CC.CCC(=O)O.CCCN(C)Cc1c(C)cc(C)c(C)c1C. The number of carbonyl (C=O) groups excluding carboxylic acids is 2. The molecule has 27 heavy (non-hydrogen) atoms. The minimum Gasteiger partial charge on any atom is -0.481 e. The molecule has 5 heteroatoms. The zero-order valence-electron chi connectivity index (χ0n) is 18.9. The summed E-state index contributed by atoms with van der Waals surface area (Å²) in [4.78, 5) is 27.8. The van der Waals surface area contributed by atoms with E-state index in [1.807, 2.05) is 27.4 Å². The van der Waals surface area contributed by atoms with Gasteiger partial charge in [0.15, 0.2) is 0 Å². The lowest BCUT2D eigenvalue weighted by molar-refractivity contribution is -0.136. The Morgan fingerprint density at radius 1 is 0.963 bits per heavy atom. The molecule has 1 aromatic rings. The number of aliphatic carboxylic acids is 1. The summed E-state index contributed by atoms with van der Waals surface area (Å²) in [6.45, 7) is 23.0. The molecule has 0 bridgehead atoms. The highest BCUT2D eigenvalue weighted by atomic mass is 16.4. The van der Waals surface area contributed by atoms with Crippen molar-refractivity contribution < 1.29 is 19.5 Å². The molecule has 1 N–H and O–H groups in total. The van der Waals surface area contributed by atoms with Crippen LogP contribution in [-0.4, -0.2) is 43.1 Å². The summed E-state index contributed by atoms with van der Waals surface area (Å²) < 4.78 is 0. The number of carboxylic acids is 1. The van der Waals surface area contributed by atoms with Gasteiger partial charge in [-0.15, -0.1) is 0 Å². The van der Waals surface area contributed by atoms with Gasteiger partial charge in [-0.25, -0.2) is 0 Å². The van der Waals surface area contributed by atoms with E-state index in [-0.39, 0.29) is 6.42 Å². The molecule has 0 unspecified atom stereocenters. The third-order valence-corrected chi connectivity index (χ3v) is 3.85. The highest BCUT2D eigenvalue weighted by Crippen LogP contribution is 2.22. The van der Waals surface area contributed by atoms with E-state index < -0.39 is 5.97 Å². The van der Waals surface area contributed by atoms with Crippen molar-refractivity contribution in [3.63, 3.8) is 0 Å². The maximum atomic E-state index is 9.37. The van der Waals surface area contributed by atoms with Gasteiger partial charge in [-0.1, -0.05) is 33.8 Å². The van der Waals surface area contributed by atoms with Gasteiger partial charge in [-0.3, -0.25) is 4.79 Å². The minimum atomic E-state index is -0.745. The largest absolute Gasteiger partial charge is 0.481 e. The number of carboxylic acid groups (broad SMARTS) is 1. The second kappa shape index (κ2) is 22.0. The molecule has 0 spiro atoms. The van der Waals surface area contributed by atoms with Crippen LogP contribution < -0.4 is 0 Å². The van der Waals surface area contributed by atoms with Gasteiger partial charge in [0.05, 0.1) is 0 Å². The second-order valence-corrected chi connectivity index (χ2v) is 5.72. The van der Waals surface area contributed by atoms with Crippen molar-refractivity contribution >= 4 is 19.5 Å². The van der Waals surface area contributed by atoms with E-state index in [4.69, 9.17) is 14.7 Å². The molecule has 0 saturated carbocycles. The lowest BCUT2D eigenvalue weighted by Gasteiger charge is -2.21. The summed E-state index contributed by atoms with van der Waals surface area (Å²) in [5, 5.41) is 7.72. The zero-order chi connectivity index (χ0) is 22.6. The molecule has 0 aliphatic carbocycles. The highest BCUT2D eigenvalue weighted by Gasteiger charge is 2.09. The van der Waals surface area contributed by atoms with Gasteiger partial charge in [0, 0.05) is 13.0 Å². The third-order valence-electron chi connectivity index (χ3n) is 3.85. The molecule has 0 saturated heterocycles. The molecule has 1 aromatic carbocycles. The van der Waals surface area contributed by atoms with Crippen molar-refractivity contribution in [2.45, 2.75) is 74.8 Å². The molecule has 0 aromatic heterocycles. The average molecular weight is 384 g/mol. The van der Waals surface area contributed by atoms with E-state index in [0.29, 0.717) is 0 Å². The summed E-state index contributed by atoms with van der Waals surface area (Å²) >= 11 is 0. The summed E-state index contributed by atoms with van der Waals surface area (Å²) in [5.41, 5.74) is 7.28. The molecular weight excluding hydrogens is 342 g/mol. The molecular formula is C22H41NO4. The van der Waals surface area contributed by atoms with Crippen LogP contribution in [0.25, 0.3) is 0 Å². The smallest absolute Gasteiger partial charge is 0.303 e. The fourth-order valence-electron chi connectivity index (χ4n) is 2.31. The Bertz CT molecular complexity index is 500. The number of carbonyl (C=O) groups is 3. The Morgan fingerprint density at radius 3 is 1.70 bits per heavy atom. The van der Waals surface area contributed by atoms with E-state index in [9.17, 15) is 4.79 Å². The lowest BCUT2D eigenvalue weighted by atomic mass is 9.94. The highest BCUT2D eigenvalue weighted by molar-refractivity contribution is 5.66. The standard InChI is InChI=1S/C15H25N.C3H6O2.C2H6.2CH2O/c1-7-8-16(6)10-15-12(3)9-11(2)13(4)14(15)5;1-2-3(4)5;3*1-2/h9H,7-8,10H2,1-6H3;2H2,1H3,(H,4,5);1-2H3;2*1H2. The Kier molecular flexibility index (Phi) is 26.6. The van der Waals surface area contributed by atoms with Gasteiger partial charge < -0.3 is 19.6 Å². The quantitative estimate of drug-likeness (QED) is 0.783. The normalized spacial score (nSPS) is 8.52. The number of benzene rings is 1. The first-order chi connectivity index (χ1) is 12.7. The van der Waals surface area contributed by atoms with Crippen molar-refractivity contribution in [1.82, 2.24) is 4.90 Å². The molecule has 0 radical (unpaired) electrons. The van der Waals surface area contributed by atoms with E-state index >= 15 is 0 Å². The van der Waals surface area contributed by atoms with Crippen LogP contribution in [0.3, 0.4) is 0 Å². The van der Waals surface area contributed by atoms with Gasteiger partial charge in [-0.2, -0.15) is 0 Å². The number of hydrogen-bond donors (Lipinski definition) is 1. The first-order valence-electron chi connectivity index (χ1n) is 9.28. The third kappa shape index (κ3) is 15.9. The number of aryl methyl sites for hydroxylation is 2. The molecule has 0 amide bonds. The summed E-state index contributed by atoms with van der Waals surface area (Å²) in [5.74, 6) is -0.745. The van der Waals surface area contributed by atoms with Gasteiger partial charge >= 0.3 is 5.97 Å². The second-order valence-electron chi connectivity index (χ2n) is 5.72. The Hall–Kier alpha value is -2.01. The van der Waals surface area contributed by atoms with Crippen LogP contribution in [0.5, 0.6) is 0 Å². The van der Waals surface area contributed by atoms with Crippen LogP contribution in [0.4, 0.5) is 0 Å². The van der Waals surface area contributed by atoms with Crippen LogP contribution in [0.2, 0.25) is 0 Å². The van der Waals surface area contributed by atoms with E-state index in [1.54, 1.807) is 6.92 Å². The summed E-state index contributed by atoms with van der Waals surface area (Å²) in [7, 11) is 2.21. The van der Waals surface area contributed by atoms with Crippen LogP contribution in [0, 0.1) is 27.7 Å². The average Bonchev–Trinajstić information content (AvgIpc) is 2.69. The molecule has 1 rings (SSSR count). The topological polar surface area (TPSA) is 74.7 Å². The number of hydrogen-bond acceptors (Lipinski definition) is 4. The van der Waals surface area contributed by atoms with Gasteiger partial charge in [0.2, 0.25) is 0 Å². The summed E-state index contributed by atoms with van der Waals surface area (Å²) in [6, 6.07) is 2.32. The molecule has 0 aliphatic heterocycles. The lowest BCUT2D eigenvalue weighted by Crippen LogP contribution is -2.20. The maximum absolute atomic E-state index is 9.37. The first-order valence-corrected chi connectivity index (χ1v) is 9.28. The van der Waals surface area contributed by atoms with Crippen LogP contribution >= 0.6 is 0 Å². The number of nitrogens with zero attached hydrogens (tertiary/aromatic N) is 1. The number of rotatable bonds is 5. The first kappa shape index (κ1) is 32.6. The van der Waals surface area contributed by atoms with Crippen molar-refractivity contribution in [1.29, 1.82) is 0 Å². The van der Waals surface area contributed by atoms with Gasteiger partial charge in [0.25, 0.3) is 0 Å². The van der Waals surface area contributed by atoms with Crippen LogP contribution in [-0.2, 0) is 20.9 Å². The minimum absolute atomic E-state index is 0.222. The van der Waals surface area contributed by atoms with Crippen molar-refractivity contribution in [3.05, 3.63) is 33.9 Å².